The van der Waals surface area contributed by atoms with Crippen molar-refractivity contribution in [3.05, 3.63) is 71.0 Å². The monoisotopic (exact) mass is 305 g/mol. The number of hydrogen-bond acceptors (Lipinski definition) is 2. The summed E-state index contributed by atoms with van der Waals surface area (Å²) in [6.45, 7) is 0. The lowest BCUT2D eigenvalue weighted by atomic mass is 10.2. The third kappa shape index (κ3) is 2.81. The molecule has 1 heterocycles. The summed E-state index contributed by atoms with van der Waals surface area (Å²) in [6, 6.07) is 13.9. The van der Waals surface area contributed by atoms with Crippen molar-refractivity contribution >= 4 is 10.9 Å². The lowest BCUT2D eigenvalue weighted by Gasteiger charge is -2.13. The molecule has 1 aromatic heterocycles. The van der Waals surface area contributed by atoms with Gasteiger partial charge in [-0.3, -0.25) is 4.79 Å². The molecule has 0 fully saturated rings. The first-order chi connectivity index (χ1) is 10.4. The van der Waals surface area contributed by atoms with Gasteiger partial charge in [0, 0.05) is 29.4 Å². The maximum absolute atomic E-state index is 12.3. The van der Waals surface area contributed by atoms with Crippen LogP contribution in [-0.4, -0.2) is 10.9 Å². The molecule has 0 unspecified atom stereocenters. The van der Waals surface area contributed by atoms with E-state index < -0.39 is 6.36 Å². The summed E-state index contributed by atoms with van der Waals surface area (Å²) in [6.07, 6.45) is -3.22. The van der Waals surface area contributed by atoms with Crippen molar-refractivity contribution in [1.82, 2.24) is 4.57 Å². The minimum Gasteiger partial charge on any atom is -0.406 e. The third-order valence-corrected chi connectivity index (χ3v) is 3.13. The Hall–Kier alpha value is -2.76. The highest BCUT2D eigenvalue weighted by molar-refractivity contribution is 5.80. The number of hydrogen-bond donors (Lipinski definition) is 0. The fraction of sp³-hybridized carbons (Fsp3) is 0.0625. The van der Waals surface area contributed by atoms with Crippen molar-refractivity contribution in [3.8, 4) is 11.4 Å². The molecule has 0 atom stereocenters. The van der Waals surface area contributed by atoms with Gasteiger partial charge in [0.05, 0.1) is 5.52 Å². The Balaban J connectivity index is 2.14. The predicted molar refractivity (Wildman–Crippen MR) is 76.2 cm³/mol. The van der Waals surface area contributed by atoms with Crippen LogP contribution in [0.1, 0.15) is 0 Å². The highest BCUT2D eigenvalue weighted by atomic mass is 19.4. The molecule has 3 rings (SSSR count). The number of fused-ring (bicyclic) bond motifs is 1. The summed E-state index contributed by atoms with van der Waals surface area (Å²) in [5.74, 6) is -0.312. The number of para-hydroxylation sites is 1. The average molecular weight is 305 g/mol. The smallest absolute Gasteiger partial charge is 0.406 e. The van der Waals surface area contributed by atoms with Crippen LogP contribution in [0.2, 0.25) is 0 Å². The van der Waals surface area contributed by atoms with Gasteiger partial charge in [0.1, 0.15) is 5.75 Å². The maximum Gasteiger partial charge on any atom is 0.573 e. The summed E-state index contributed by atoms with van der Waals surface area (Å²) in [7, 11) is 0. The van der Waals surface area contributed by atoms with E-state index in [2.05, 4.69) is 4.74 Å². The van der Waals surface area contributed by atoms with E-state index in [0.29, 0.717) is 16.6 Å². The van der Waals surface area contributed by atoms with Crippen molar-refractivity contribution < 1.29 is 17.9 Å². The van der Waals surface area contributed by atoms with Crippen LogP contribution in [0, 0.1) is 0 Å². The highest BCUT2D eigenvalue weighted by Gasteiger charge is 2.31. The van der Waals surface area contributed by atoms with Crippen LogP contribution in [0.3, 0.4) is 0 Å². The fourth-order valence-electron chi connectivity index (χ4n) is 2.26. The zero-order chi connectivity index (χ0) is 15.7. The number of benzene rings is 2. The average Bonchev–Trinajstić information content (AvgIpc) is 2.46. The van der Waals surface area contributed by atoms with E-state index >= 15 is 0 Å². The minimum atomic E-state index is -4.75. The number of ether oxygens (including phenoxy) is 1. The van der Waals surface area contributed by atoms with Crippen LogP contribution < -0.4 is 10.2 Å². The Kier molecular flexibility index (Phi) is 3.36. The molecule has 112 valence electrons. The van der Waals surface area contributed by atoms with E-state index in [9.17, 15) is 18.0 Å². The molecule has 0 aliphatic heterocycles. The van der Waals surface area contributed by atoms with Crippen LogP contribution in [-0.2, 0) is 0 Å². The first-order valence-electron chi connectivity index (χ1n) is 6.41. The molecule has 0 bridgehead atoms. The third-order valence-electron chi connectivity index (χ3n) is 3.13. The SMILES string of the molecule is O=c1ccn(-c2cccc(OC(F)(F)F)c2)c2ccccc12. The van der Waals surface area contributed by atoms with Gasteiger partial charge < -0.3 is 9.30 Å². The van der Waals surface area contributed by atoms with Crippen LogP contribution in [0.5, 0.6) is 5.75 Å². The zero-order valence-corrected chi connectivity index (χ0v) is 11.2. The Bertz CT molecular complexity index is 884. The largest absolute Gasteiger partial charge is 0.573 e. The fourth-order valence-corrected chi connectivity index (χ4v) is 2.26. The second-order valence-corrected chi connectivity index (χ2v) is 4.61. The molecular weight excluding hydrogens is 295 g/mol. The van der Waals surface area contributed by atoms with E-state index in [4.69, 9.17) is 0 Å². The topological polar surface area (TPSA) is 31.2 Å². The number of alkyl halides is 3. The normalized spacial score (nSPS) is 11.6. The number of pyridine rings is 1. The van der Waals surface area contributed by atoms with Crippen LogP contribution >= 0.6 is 0 Å². The first-order valence-corrected chi connectivity index (χ1v) is 6.41. The van der Waals surface area contributed by atoms with Crippen LogP contribution in [0.15, 0.2) is 65.6 Å². The molecule has 0 aliphatic rings. The van der Waals surface area contributed by atoms with Gasteiger partial charge in [-0.2, -0.15) is 0 Å². The first kappa shape index (κ1) is 14.2. The summed E-state index contributed by atoms with van der Waals surface area (Å²) >= 11 is 0. The number of aromatic nitrogens is 1. The van der Waals surface area contributed by atoms with E-state index in [1.165, 1.54) is 30.5 Å². The minimum absolute atomic E-state index is 0.144. The van der Waals surface area contributed by atoms with Gasteiger partial charge >= 0.3 is 6.36 Å². The zero-order valence-electron chi connectivity index (χ0n) is 11.2. The second kappa shape index (κ2) is 5.22. The number of nitrogens with zero attached hydrogens (tertiary/aromatic N) is 1. The van der Waals surface area contributed by atoms with Crippen LogP contribution in [0.25, 0.3) is 16.6 Å². The predicted octanol–water partition coefficient (Wildman–Crippen LogP) is 3.89. The summed E-state index contributed by atoms with van der Waals surface area (Å²) in [5.41, 5.74) is 0.937. The van der Waals surface area contributed by atoms with Gasteiger partial charge in [-0.05, 0) is 24.3 Å². The Morgan fingerprint density at radius 3 is 2.50 bits per heavy atom. The van der Waals surface area contributed by atoms with Crippen molar-refractivity contribution in [3.63, 3.8) is 0 Å². The molecule has 0 spiro atoms. The lowest BCUT2D eigenvalue weighted by Crippen LogP contribution is -2.17. The molecule has 2 aromatic carbocycles. The Labute approximate surface area is 123 Å². The highest BCUT2D eigenvalue weighted by Crippen LogP contribution is 2.25. The summed E-state index contributed by atoms with van der Waals surface area (Å²) < 4.78 is 42.5. The molecule has 0 N–H and O–H groups in total. The number of rotatable bonds is 2. The van der Waals surface area contributed by atoms with Gasteiger partial charge in [0.25, 0.3) is 0 Å². The van der Waals surface area contributed by atoms with Crippen molar-refractivity contribution in [2.45, 2.75) is 6.36 Å². The molecule has 0 amide bonds. The number of halogens is 3. The van der Waals surface area contributed by atoms with E-state index in [1.54, 1.807) is 34.9 Å². The van der Waals surface area contributed by atoms with Crippen LogP contribution in [0.4, 0.5) is 13.2 Å². The van der Waals surface area contributed by atoms with Crippen molar-refractivity contribution in [1.29, 1.82) is 0 Å². The Morgan fingerprint density at radius 2 is 1.73 bits per heavy atom. The lowest BCUT2D eigenvalue weighted by molar-refractivity contribution is -0.274. The Morgan fingerprint density at radius 1 is 0.955 bits per heavy atom. The van der Waals surface area contributed by atoms with Gasteiger partial charge in [0.2, 0.25) is 0 Å². The summed E-state index contributed by atoms with van der Waals surface area (Å²) in [4.78, 5) is 11.8. The van der Waals surface area contributed by atoms with E-state index in [-0.39, 0.29) is 11.2 Å². The van der Waals surface area contributed by atoms with E-state index in [1.807, 2.05) is 0 Å². The summed E-state index contributed by atoms with van der Waals surface area (Å²) in [5, 5.41) is 0.493. The molecule has 0 saturated heterocycles. The molecule has 3 aromatic rings. The maximum atomic E-state index is 12.3. The quantitative estimate of drug-likeness (QED) is 0.719. The molecule has 22 heavy (non-hydrogen) atoms. The van der Waals surface area contributed by atoms with E-state index in [0.717, 1.165) is 0 Å². The standard InChI is InChI=1S/C16H10F3NO2/c17-16(18,19)22-12-5-3-4-11(10-12)20-9-8-15(21)13-6-1-2-7-14(13)20/h1-10H. The van der Waals surface area contributed by atoms with Crippen molar-refractivity contribution in [2.24, 2.45) is 0 Å². The van der Waals surface area contributed by atoms with Gasteiger partial charge in [-0.25, -0.2) is 0 Å². The molecule has 0 aliphatic carbocycles. The molecule has 6 heteroatoms. The molecule has 3 nitrogen and oxygen atoms in total. The van der Waals surface area contributed by atoms with Gasteiger partial charge in [-0.1, -0.05) is 18.2 Å². The molecular formula is C16H10F3NO2. The van der Waals surface area contributed by atoms with Gasteiger partial charge in [0.15, 0.2) is 5.43 Å². The molecule has 0 saturated carbocycles. The molecule has 0 radical (unpaired) electrons. The van der Waals surface area contributed by atoms with Crippen molar-refractivity contribution in [2.75, 3.05) is 0 Å². The second-order valence-electron chi connectivity index (χ2n) is 4.61. The van der Waals surface area contributed by atoms with Gasteiger partial charge in [-0.15, -0.1) is 13.2 Å².